The first-order valence-corrected chi connectivity index (χ1v) is 9.32. The number of para-hydroxylation sites is 1. The maximum absolute atomic E-state index is 13.4. The summed E-state index contributed by atoms with van der Waals surface area (Å²) in [6, 6.07) is 19.8. The summed E-state index contributed by atoms with van der Waals surface area (Å²) in [6.07, 6.45) is 3.40. The highest BCUT2D eigenvalue weighted by Gasteiger charge is 2.24. The molecule has 0 saturated heterocycles. The van der Waals surface area contributed by atoms with Gasteiger partial charge in [0.15, 0.2) is 5.69 Å². The molecule has 0 aliphatic rings. The maximum atomic E-state index is 13.4. The summed E-state index contributed by atoms with van der Waals surface area (Å²) in [7, 11) is 1.74. The lowest BCUT2D eigenvalue weighted by Crippen LogP contribution is -2.33. The third-order valence-corrected chi connectivity index (χ3v) is 5.10. The van der Waals surface area contributed by atoms with E-state index in [1.165, 1.54) is 4.68 Å². The highest BCUT2D eigenvalue weighted by Crippen LogP contribution is 2.22. The van der Waals surface area contributed by atoms with E-state index in [2.05, 4.69) is 10.1 Å². The molecule has 0 radical (unpaired) electrons. The van der Waals surface area contributed by atoms with Crippen LogP contribution in [0.2, 0.25) is 0 Å². The number of aromatic nitrogens is 3. The molecule has 6 nitrogen and oxygen atoms in total. The first kappa shape index (κ1) is 18.6. The molecule has 2 aromatic heterocycles. The molecule has 0 aliphatic carbocycles. The highest BCUT2D eigenvalue weighted by atomic mass is 16.2. The van der Waals surface area contributed by atoms with E-state index >= 15 is 0 Å². The van der Waals surface area contributed by atoms with E-state index in [0.717, 1.165) is 5.56 Å². The standard InChI is InChI=1S/C23H20N4O2/c1-16(17-12-14-24-15-13-17)26(2)23(29)21-19-10-6-7-11-20(19)22(28)27(25-21)18-8-4-3-5-9-18/h3-16H,1-2H3. The van der Waals surface area contributed by atoms with Crippen LogP contribution in [0.3, 0.4) is 0 Å². The Balaban J connectivity index is 1.86. The molecule has 1 unspecified atom stereocenters. The van der Waals surface area contributed by atoms with Gasteiger partial charge >= 0.3 is 0 Å². The van der Waals surface area contributed by atoms with Gasteiger partial charge in [-0.2, -0.15) is 9.78 Å². The summed E-state index contributed by atoms with van der Waals surface area (Å²) < 4.78 is 1.29. The van der Waals surface area contributed by atoms with E-state index < -0.39 is 0 Å². The van der Waals surface area contributed by atoms with Crippen molar-refractivity contribution in [3.05, 3.63) is 101 Å². The first-order chi connectivity index (χ1) is 14.1. The third-order valence-electron chi connectivity index (χ3n) is 5.10. The van der Waals surface area contributed by atoms with Crippen molar-refractivity contribution in [2.75, 3.05) is 7.05 Å². The van der Waals surface area contributed by atoms with Crippen LogP contribution in [0.25, 0.3) is 16.5 Å². The second-order valence-corrected chi connectivity index (χ2v) is 6.82. The van der Waals surface area contributed by atoms with E-state index in [1.54, 1.807) is 60.7 Å². The molecule has 2 heterocycles. The zero-order valence-corrected chi connectivity index (χ0v) is 16.2. The van der Waals surface area contributed by atoms with Crippen molar-refractivity contribution >= 4 is 16.7 Å². The van der Waals surface area contributed by atoms with Crippen molar-refractivity contribution in [3.8, 4) is 5.69 Å². The van der Waals surface area contributed by atoms with Crippen LogP contribution in [0.15, 0.2) is 83.9 Å². The summed E-state index contributed by atoms with van der Waals surface area (Å²) in [4.78, 5) is 32.1. The van der Waals surface area contributed by atoms with Crippen LogP contribution in [-0.4, -0.2) is 32.6 Å². The molecule has 144 valence electrons. The number of hydrogen-bond acceptors (Lipinski definition) is 4. The molecule has 0 bridgehead atoms. The van der Waals surface area contributed by atoms with Gasteiger partial charge in [0.25, 0.3) is 11.5 Å². The molecule has 6 heteroatoms. The van der Waals surface area contributed by atoms with Gasteiger partial charge < -0.3 is 4.90 Å². The van der Waals surface area contributed by atoms with Crippen molar-refractivity contribution in [1.82, 2.24) is 19.7 Å². The number of rotatable bonds is 4. The Morgan fingerprint density at radius 1 is 0.931 bits per heavy atom. The van der Waals surface area contributed by atoms with E-state index in [1.807, 2.05) is 37.3 Å². The second-order valence-electron chi connectivity index (χ2n) is 6.82. The summed E-state index contributed by atoms with van der Waals surface area (Å²) in [5.74, 6) is -0.254. The average molecular weight is 384 g/mol. The number of amides is 1. The molecule has 0 saturated carbocycles. The number of nitrogens with zero attached hydrogens (tertiary/aromatic N) is 4. The fourth-order valence-corrected chi connectivity index (χ4v) is 3.30. The zero-order valence-electron chi connectivity index (χ0n) is 16.2. The fourth-order valence-electron chi connectivity index (χ4n) is 3.30. The van der Waals surface area contributed by atoms with Crippen molar-refractivity contribution in [2.24, 2.45) is 0 Å². The number of carbonyl (C=O) groups excluding carboxylic acids is 1. The second kappa shape index (κ2) is 7.67. The van der Waals surface area contributed by atoms with E-state index in [9.17, 15) is 9.59 Å². The topological polar surface area (TPSA) is 68.1 Å². The predicted molar refractivity (Wildman–Crippen MR) is 112 cm³/mol. The van der Waals surface area contributed by atoms with Crippen LogP contribution in [0.5, 0.6) is 0 Å². The SMILES string of the molecule is CC(c1ccncc1)N(C)C(=O)c1nn(-c2ccccc2)c(=O)c2ccccc12. The Kier molecular flexibility index (Phi) is 4.91. The largest absolute Gasteiger partial charge is 0.334 e. The van der Waals surface area contributed by atoms with E-state index in [4.69, 9.17) is 0 Å². The number of benzene rings is 2. The average Bonchev–Trinajstić information content (AvgIpc) is 2.79. The number of pyridine rings is 1. The van der Waals surface area contributed by atoms with Gasteiger partial charge in [0.2, 0.25) is 0 Å². The molecule has 4 aromatic rings. The number of carbonyl (C=O) groups is 1. The van der Waals surface area contributed by atoms with Crippen molar-refractivity contribution in [3.63, 3.8) is 0 Å². The van der Waals surface area contributed by atoms with Gasteiger partial charge in [-0.15, -0.1) is 0 Å². The summed E-state index contributed by atoms with van der Waals surface area (Å²) >= 11 is 0. The Morgan fingerprint density at radius 2 is 1.55 bits per heavy atom. The van der Waals surface area contributed by atoms with Gasteiger partial charge in [-0.1, -0.05) is 36.4 Å². The molecular weight excluding hydrogens is 364 g/mol. The Morgan fingerprint density at radius 3 is 2.24 bits per heavy atom. The Bertz CT molecular complexity index is 1220. The normalized spacial score (nSPS) is 11.9. The van der Waals surface area contributed by atoms with Crippen LogP contribution >= 0.6 is 0 Å². The minimum absolute atomic E-state index is 0.178. The Hall–Kier alpha value is -3.80. The highest BCUT2D eigenvalue weighted by molar-refractivity contribution is 6.04. The minimum Gasteiger partial charge on any atom is -0.334 e. The van der Waals surface area contributed by atoms with Gasteiger partial charge in [-0.25, -0.2) is 0 Å². The predicted octanol–water partition coefficient (Wildman–Crippen LogP) is 3.61. The van der Waals surface area contributed by atoms with Gasteiger partial charge in [0.1, 0.15) is 0 Å². The summed E-state index contributed by atoms with van der Waals surface area (Å²) in [6.45, 7) is 1.95. The maximum Gasteiger partial charge on any atom is 0.279 e. The van der Waals surface area contributed by atoms with Crippen molar-refractivity contribution in [1.29, 1.82) is 0 Å². The van der Waals surface area contributed by atoms with Crippen LogP contribution in [-0.2, 0) is 0 Å². The quantitative estimate of drug-likeness (QED) is 0.539. The van der Waals surface area contributed by atoms with E-state index in [-0.39, 0.29) is 23.2 Å². The van der Waals surface area contributed by atoms with Crippen LogP contribution in [0.4, 0.5) is 0 Å². The van der Waals surface area contributed by atoms with Gasteiger partial charge in [-0.05, 0) is 42.8 Å². The van der Waals surface area contributed by atoms with Crippen LogP contribution in [0, 0.1) is 0 Å². The molecule has 0 aliphatic heterocycles. The minimum atomic E-state index is -0.256. The van der Waals surface area contributed by atoms with Crippen molar-refractivity contribution in [2.45, 2.75) is 13.0 Å². The van der Waals surface area contributed by atoms with E-state index in [0.29, 0.717) is 16.5 Å². The first-order valence-electron chi connectivity index (χ1n) is 9.32. The molecule has 0 fully saturated rings. The lowest BCUT2D eigenvalue weighted by molar-refractivity contribution is 0.0737. The summed E-state index contributed by atoms with van der Waals surface area (Å²) in [5, 5.41) is 5.47. The molecule has 0 N–H and O–H groups in total. The number of fused-ring (bicyclic) bond motifs is 1. The third kappa shape index (κ3) is 3.40. The molecule has 0 spiro atoms. The summed E-state index contributed by atoms with van der Waals surface area (Å²) in [5.41, 5.74) is 1.57. The molecule has 1 amide bonds. The zero-order chi connectivity index (χ0) is 20.4. The van der Waals surface area contributed by atoms with Crippen LogP contribution in [0.1, 0.15) is 29.0 Å². The van der Waals surface area contributed by atoms with Crippen LogP contribution < -0.4 is 5.56 Å². The molecule has 1 atom stereocenters. The van der Waals surface area contributed by atoms with Gasteiger partial charge in [-0.3, -0.25) is 14.6 Å². The number of hydrogen-bond donors (Lipinski definition) is 0. The smallest absolute Gasteiger partial charge is 0.279 e. The van der Waals surface area contributed by atoms with Gasteiger partial charge in [0, 0.05) is 24.8 Å². The van der Waals surface area contributed by atoms with Crippen molar-refractivity contribution < 1.29 is 4.79 Å². The lowest BCUT2D eigenvalue weighted by Gasteiger charge is -2.25. The monoisotopic (exact) mass is 384 g/mol. The Labute approximate surface area is 168 Å². The lowest BCUT2D eigenvalue weighted by atomic mass is 10.1. The molecule has 2 aromatic carbocycles. The van der Waals surface area contributed by atoms with Gasteiger partial charge in [0.05, 0.1) is 17.1 Å². The molecule has 4 rings (SSSR count). The molecular formula is C23H20N4O2. The fraction of sp³-hybridized carbons (Fsp3) is 0.130. The molecule has 29 heavy (non-hydrogen) atoms.